The summed E-state index contributed by atoms with van der Waals surface area (Å²) in [6, 6.07) is 22.5. The van der Waals surface area contributed by atoms with E-state index in [1.165, 1.54) is 64.8 Å². The van der Waals surface area contributed by atoms with Crippen LogP contribution in [0.2, 0.25) is 0 Å². The fraction of sp³-hybridized carbons (Fsp3) is 0.0385. The number of hydrogen-bond donors (Lipinski definition) is 0. The van der Waals surface area contributed by atoms with Gasteiger partial charge in [0.15, 0.2) is 0 Å². The Morgan fingerprint density at radius 2 is 1.61 bits per heavy atom. The van der Waals surface area contributed by atoms with Gasteiger partial charge in [0, 0.05) is 21.7 Å². The van der Waals surface area contributed by atoms with Crippen LogP contribution >= 0.6 is 11.3 Å². The molecule has 2 aromatic heterocycles. The van der Waals surface area contributed by atoms with Gasteiger partial charge in [-0.1, -0.05) is 36.4 Å². The Kier molecular flexibility index (Phi) is 2.63. The third-order valence-corrected chi connectivity index (χ3v) is 7.28. The zero-order valence-electron chi connectivity index (χ0n) is 15.3. The van der Waals surface area contributed by atoms with Gasteiger partial charge in [-0.05, 0) is 85.9 Å². The smallest absolute Gasteiger partial charge is 0.0780 e. The molecule has 0 saturated carbocycles. The van der Waals surface area contributed by atoms with Gasteiger partial charge in [-0.3, -0.25) is 4.98 Å². The maximum atomic E-state index is 4.72. The Balaban J connectivity index is 1.73. The summed E-state index contributed by atoms with van der Waals surface area (Å²) in [7, 11) is 0. The molecule has 2 heterocycles. The van der Waals surface area contributed by atoms with Crippen LogP contribution in [0.15, 0.2) is 72.2 Å². The van der Waals surface area contributed by atoms with Crippen molar-refractivity contribution in [3.8, 4) is 22.3 Å². The van der Waals surface area contributed by atoms with E-state index < -0.39 is 0 Å². The summed E-state index contributed by atoms with van der Waals surface area (Å²) >= 11 is 1.84. The molecular weight excluding hydrogens is 358 g/mol. The Hall–Kier alpha value is -3.23. The van der Waals surface area contributed by atoms with Gasteiger partial charge in [-0.15, -0.1) is 11.3 Å². The van der Waals surface area contributed by atoms with Gasteiger partial charge in [0.05, 0.1) is 5.52 Å². The molecule has 1 nitrogen and oxygen atoms in total. The Bertz CT molecular complexity index is 1620. The average molecular weight is 373 g/mol. The van der Waals surface area contributed by atoms with Crippen LogP contribution in [-0.4, -0.2) is 4.98 Å². The number of pyridine rings is 1. The second kappa shape index (κ2) is 4.98. The second-order valence-electron chi connectivity index (χ2n) is 7.70. The standard InChI is InChI=1S/C26H15NS/c1-14-13-28-24-12-21-18-6-2-5-17-16-8-7-15-4-3-9-27-26(15)23(16)11-22(25(17)18)20(21)10-19(14)24/h2-13H,1H3. The molecule has 4 aromatic carbocycles. The van der Waals surface area contributed by atoms with Gasteiger partial charge in [-0.25, -0.2) is 0 Å². The van der Waals surface area contributed by atoms with E-state index in [1.807, 2.05) is 23.6 Å². The number of rotatable bonds is 0. The van der Waals surface area contributed by atoms with Gasteiger partial charge in [0.1, 0.15) is 0 Å². The number of aromatic nitrogens is 1. The van der Waals surface area contributed by atoms with E-state index in [2.05, 4.69) is 66.9 Å². The van der Waals surface area contributed by atoms with E-state index in [-0.39, 0.29) is 0 Å². The van der Waals surface area contributed by atoms with Crippen molar-refractivity contribution in [2.24, 2.45) is 0 Å². The van der Waals surface area contributed by atoms with Crippen molar-refractivity contribution in [3.63, 3.8) is 0 Å². The summed E-state index contributed by atoms with van der Waals surface area (Å²) in [6.45, 7) is 2.21. The lowest BCUT2D eigenvalue weighted by molar-refractivity contribution is 1.43. The van der Waals surface area contributed by atoms with Crippen molar-refractivity contribution in [1.82, 2.24) is 4.98 Å². The molecule has 0 spiro atoms. The van der Waals surface area contributed by atoms with Crippen LogP contribution in [0.3, 0.4) is 0 Å². The third kappa shape index (κ3) is 1.70. The van der Waals surface area contributed by atoms with E-state index in [1.54, 1.807) is 0 Å². The molecule has 0 radical (unpaired) electrons. The lowest BCUT2D eigenvalue weighted by Gasteiger charge is -2.09. The zero-order chi connectivity index (χ0) is 18.4. The van der Waals surface area contributed by atoms with Crippen molar-refractivity contribution in [1.29, 1.82) is 0 Å². The molecule has 0 fully saturated rings. The number of thiophene rings is 1. The molecule has 0 amide bonds. The molecule has 0 unspecified atom stereocenters. The van der Waals surface area contributed by atoms with Crippen molar-refractivity contribution < 1.29 is 0 Å². The molecule has 0 atom stereocenters. The Labute approximate surface area is 165 Å². The van der Waals surface area contributed by atoms with E-state index >= 15 is 0 Å². The monoisotopic (exact) mass is 373 g/mol. The van der Waals surface area contributed by atoms with E-state index in [0.29, 0.717) is 0 Å². The topological polar surface area (TPSA) is 12.9 Å². The van der Waals surface area contributed by atoms with Crippen LogP contribution in [0, 0.1) is 6.92 Å². The number of fused-ring (bicyclic) bond motifs is 8. The van der Waals surface area contributed by atoms with Crippen molar-refractivity contribution in [2.75, 3.05) is 0 Å². The summed E-state index contributed by atoms with van der Waals surface area (Å²) in [5.41, 5.74) is 7.88. The molecule has 6 aromatic rings. The highest BCUT2D eigenvalue weighted by Crippen LogP contribution is 2.51. The molecule has 2 heteroatoms. The van der Waals surface area contributed by atoms with Crippen molar-refractivity contribution >= 4 is 53.9 Å². The zero-order valence-corrected chi connectivity index (χ0v) is 16.1. The fourth-order valence-corrected chi connectivity index (χ4v) is 5.88. The first-order valence-corrected chi connectivity index (χ1v) is 10.4. The molecule has 0 saturated heterocycles. The maximum absolute atomic E-state index is 4.72. The minimum absolute atomic E-state index is 1.09. The van der Waals surface area contributed by atoms with Crippen LogP contribution < -0.4 is 0 Å². The van der Waals surface area contributed by atoms with Crippen LogP contribution in [0.25, 0.3) is 64.8 Å². The van der Waals surface area contributed by atoms with Gasteiger partial charge >= 0.3 is 0 Å². The van der Waals surface area contributed by atoms with Crippen LogP contribution in [0.5, 0.6) is 0 Å². The van der Waals surface area contributed by atoms with E-state index in [0.717, 1.165) is 5.52 Å². The first-order valence-electron chi connectivity index (χ1n) is 9.55. The van der Waals surface area contributed by atoms with E-state index in [4.69, 9.17) is 4.98 Å². The molecular formula is C26H15NS. The molecule has 0 aliphatic heterocycles. The van der Waals surface area contributed by atoms with Gasteiger partial charge in [0.25, 0.3) is 0 Å². The first kappa shape index (κ1) is 14.8. The SMILES string of the molecule is Cc1csc2cc3c(cc12)-c1cc2c(ccc4cccnc42)c2cccc-3c12. The quantitative estimate of drug-likeness (QED) is 0.248. The van der Waals surface area contributed by atoms with Crippen molar-refractivity contribution in [2.45, 2.75) is 6.92 Å². The molecule has 0 bridgehead atoms. The van der Waals surface area contributed by atoms with Gasteiger partial charge in [0.2, 0.25) is 0 Å². The van der Waals surface area contributed by atoms with Crippen molar-refractivity contribution in [3.05, 3.63) is 77.8 Å². The second-order valence-corrected chi connectivity index (χ2v) is 8.61. The first-order chi connectivity index (χ1) is 13.8. The number of benzene rings is 4. The van der Waals surface area contributed by atoms with Gasteiger partial charge < -0.3 is 0 Å². The largest absolute Gasteiger partial charge is 0.256 e. The normalized spacial score (nSPS) is 12.5. The minimum atomic E-state index is 1.09. The maximum Gasteiger partial charge on any atom is 0.0780 e. The summed E-state index contributed by atoms with van der Waals surface area (Å²) < 4.78 is 1.37. The number of aryl methyl sites for hydroxylation is 1. The molecule has 7 rings (SSSR count). The molecule has 28 heavy (non-hydrogen) atoms. The summed E-state index contributed by atoms with van der Waals surface area (Å²) in [5, 5.41) is 10.1. The molecule has 1 aliphatic rings. The Morgan fingerprint density at radius 1 is 0.714 bits per heavy atom. The lowest BCUT2D eigenvalue weighted by Crippen LogP contribution is -1.85. The minimum Gasteiger partial charge on any atom is -0.256 e. The fourth-order valence-electron chi connectivity index (χ4n) is 4.92. The summed E-state index contributed by atoms with van der Waals surface area (Å²) in [6.07, 6.45) is 1.90. The highest BCUT2D eigenvalue weighted by Gasteiger charge is 2.24. The highest BCUT2D eigenvalue weighted by atomic mass is 32.1. The lowest BCUT2D eigenvalue weighted by atomic mass is 9.95. The number of nitrogens with zero attached hydrogens (tertiary/aromatic N) is 1. The predicted molar refractivity (Wildman–Crippen MR) is 121 cm³/mol. The number of hydrogen-bond acceptors (Lipinski definition) is 2. The predicted octanol–water partition coefficient (Wildman–Crippen LogP) is 7.71. The van der Waals surface area contributed by atoms with E-state index in [9.17, 15) is 0 Å². The molecule has 1 aliphatic carbocycles. The highest BCUT2D eigenvalue weighted by molar-refractivity contribution is 7.17. The Morgan fingerprint density at radius 3 is 2.57 bits per heavy atom. The molecule has 130 valence electrons. The summed E-state index contributed by atoms with van der Waals surface area (Å²) in [5.74, 6) is 0. The van der Waals surface area contributed by atoms with Gasteiger partial charge in [-0.2, -0.15) is 0 Å². The van der Waals surface area contributed by atoms with Crippen LogP contribution in [0.1, 0.15) is 5.56 Å². The summed E-state index contributed by atoms with van der Waals surface area (Å²) in [4.78, 5) is 4.72. The average Bonchev–Trinajstić information content (AvgIpc) is 3.26. The third-order valence-electron chi connectivity index (χ3n) is 6.21. The van der Waals surface area contributed by atoms with Crippen LogP contribution in [0.4, 0.5) is 0 Å². The van der Waals surface area contributed by atoms with Crippen LogP contribution in [-0.2, 0) is 0 Å². The molecule has 0 N–H and O–H groups in total.